The van der Waals surface area contributed by atoms with Gasteiger partial charge >= 0.3 is 0 Å². The molecule has 1 heterocycles. The van der Waals surface area contributed by atoms with E-state index in [0.29, 0.717) is 6.54 Å². The monoisotopic (exact) mass is 149 g/mol. The van der Waals surface area contributed by atoms with Crippen molar-refractivity contribution in [1.29, 1.82) is 0 Å². The van der Waals surface area contributed by atoms with Crippen LogP contribution >= 0.6 is 0 Å². The summed E-state index contributed by atoms with van der Waals surface area (Å²) in [6.45, 7) is 2.47. The molecule has 0 radical (unpaired) electrons. The Morgan fingerprint density at radius 3 is 3.18 bits per heavy atom. The van der Waals surface area contributed by atoms with Crippen LogP contribution in [0.15, 0.2) is 24.3 Å². The Balaban J connectivity index is 2.55. The highest BCUT2D eigenvalue weighted by molar-refractivity contribution is 5.31. The largest absolute Gasteiger partial charge is 0.310 e. The van der Waals surface area contributed by atoms with E-state index in [-0.39, 0.29) is 6.04 Å². The molecule has 1 aromatic rings. The van der Waals surface area contributed by atoms with E-state index in [1.807, 2.05) is 24.3 Å². The van der Waals surface area contributed by atoms with Gasteiger partial charge in [0.05, 0.1) is 0 Å². The number of benzene rings is 1. The Labute approximate surface area is 70.2 Å². The lowest BCUT2D eigenvalue weighted by Crippen LogP contribution is -2.27. The van der Waals surface area contributed by atoms with E-state index in [0.717, 1.165) is 11.1 Å². The Hall–Kier alpha value is -0.820. The summed E-state index contributed by atoms with van der Waals surface area (Å²) in [6.07, 6.45) is -1.22. The maximum Gasteiger partial charge on any atom is 0.0329 e. The van der Waals surface area contributed by atoms with E-state index in [2.05, 4.69) is 12.2 Å². The molecule has 58 valence electrons. The molecule has 0 aromatic heterocycles. The topological polar surface area (TPSA) is 12.0 Å². The van der Waals surface area contributed by atoms with Gasteiger partial charge in [-0.05, 0) is 31.0 Å². The van der Waals surface area contributed by atoms with Gasteiger partial charge in [-0.15, -0.1) is 0 Å². The molecule has 0 unspecified atom stereocenters. The molecule has 1 aromatic carbocycles. The molecular weight excluding hydrogens is 134 g/mol. The van der Waals surface area contributed by atoms with Crippen molar-refractivity contribution in [3.63, 3.8) is 0 Å². The molecule has 0 fully saturated rings. The number of rotatable bonds is 0. The van der Waals surface area contributed by atoms with Crippen molar-refractivity contribution >= 4 is 0 Å². The standard InChI is InChI=1S/C10H13N/c1-8-10-5-3-2-4-9(10)6-7-11-8/h2-5,8,11H,6-7H2,1H3/t8-/m1/s1/i6D2. The molecule has 0 saturated heterocycles. The Bertz CT molecular complexity index is 322. The number of hydrogen-bond acceptors (Lipinski definition) is 1. The fraction of sp³-hybridized carbons (Fsp3) is 0.400. The van der Waals surface area contributed by atoms with Crippen LogP contribution < -0.4 is 5.32 Å². The summed E-state index contributed by atoms with van der Waals surface area (Å²) >= 11 is 0. The van der Waals surface area contributed by atoms with Crippen LogP contribution in [0.5, 0.6) is 0 Å². The van der Waals surface area contributed by atoms with Crippen molar-refractivity contribution in [2.45, 2.75) is 19.3 Å². The van der Waals surface area contributed by atoms with Crippen molar-refractivity contribution in [2.24, 2.45) is 0 Å². The zero-order valence-corrected chi connectivity index (χ0v) is 6.59. The Morgan fingerprint density at radius 1 is 1.55 bits per heavy atom. The molecule has 1 nitrogen and oxygen atoms in total. The third-order valence-electron chi connectivity index (χ3n) is 2.11. The van der Waals surface area contributed by atoms with Crippen LogP contribution in [0.1, 0.15) is 26.8 Å². The van der Waals surface area contributed by atoms with Crippen LogP contribution in [-0.2, 0) is 6.37 Å². The molecule has 0 bridgehead atoms. The molecule has 1 N–H and O–H groups in total. The van der Waals surface area contributed by atoms with E-state index < -0.39 is 6.37 Å². The lowest BCUT2D eigenvalue weighted by Gasteiger charge is -2.23. The molecule has 1 heteroatoms. The SMILES string of the molecule is [2H]C1([2H])CN[C@H](C)c2ccccc21. The summed E-state index contributed by atoms with van der Waals surface area (Å²) in [4.78, 5) is 0. The molecule has 0 spiro atoms. The molecule has 0 aliphatic carbocycles. The average Bonchev–Trinajstić information content (AvgIpc) is 2.13. The first-order valence-corrected chi connectivity index (χ1v) is 3.94. The third-order valence-corrected chi connectivity index (χ3v) is 2.11. The van der Waals surface area contributed by atoms with Crippen molar-refractivity contribution in [3.8, 4) is 0 Å². The van der Waals surface area contributed by atoms with Gasteiger partial charge in [0.2, 0.25) is 0 Å². The van der Waals surface area contributed by atoms with Gasteiger partial charge in [-0.3, -0.25) is 0 Å². The number of hydrogen-bond donors (Lipinski definition) is 1. The highest BCUT2D eigenvalue weighted by Gasteiger charge is 2.13. The fourth-order valence-electron chi connectivity index (χ4n) is 1.44. The van der Waals surface area contributed by atoms with Crippen molar-refractivity contribution in [1.82, 2.24) is 5.32 Å². The molecule has 0 saturated carbocycles. The second-order valence-corrected chi connectivity index (χ2v) is 2.87. The van der Waals surface area contributed by atoms with Gasteiger partial charge in [-0.25, -0.2) is 0 Å². The lowest BCUT2D eigenvalue weighted by atomic mass is 9.96. The summed E-state index contributed by atoms with van der Waals surface area (Å²) in [5, 5.41) is 3.15. The maximum absolute atomic E-state index is 7.80. The fourth-order valence-corrected chi connectivity index (χ4v) is 1.44. The first-order chi connectivity index (χ1) is 6.11. The van der Waals surface area contributed by atoms with Crippen LogP contribution in [-0.4, -0.2) is 6.54 Å². The predicted octanol–water partition coefficient (Wildman–Crippen LogP) is 1.89. The summed E-state index contributed by atoms with van der Waals surface area (Å²) in [5.41, 5.74) is 1.92. The first kappa shape index (κ1) is 4.94. The Kier molecular flexibility index (Phi) is 1.20. The van der Waals surface area contributed by atoms with E-state index in [1.54, 1.807) is 0 Å². The predicted molar refractivity (Wildman–Crippen MR) is 46.6 cm³/mol. The zero-order valence-electron chi connectivity index (χ0n) is 8.59. The summed E-state index contributed by atoms with van der Waals surface area (Å²) in [5.74, 6) is 0. The van der Waals surface area contributed by atoms with Crippen LogP contribution in [0.25, 0.3) is 0 Å². The number of nitrogens with one attached hydrogen (secondary N) is 1. The second-order valence-electron chi connectivity index (χ2n) is 2.87. The molecular formula is C10H13N. The van der Waals surface area contributed by atoms with Gasteiger partial charge in [0.25, 0.3) is 0 Å². The van der Waals surface area contributed by atoms with E-state index in [1.165, 1.54) is 0 Å². The van der Waals surface area contributed by atoms with Crippen LogP contribution in [0.4, 0.5) is 0 Å². The molecule has 11 heavy (non-hydrogen) atoms. The Morgan fingerprint density at radius 2 is 2.36 bits per heavy atom. The van der Waals surface area contributed by atoms with Crippen molar-refractivity contribution < 1.29 is 2.74 Å². The molecule has 0 amide bonds. The molecule has 1 aliphatic rings. The van der Waals surface area contributed by atoms with Crippen molar-refractivity contribution in [3.05, 3.63) is 35.4 Å². The molecule has 2 rings (SSSR count). The molecule has 1 aliphatic heterocycles. The normalized spacial score (nSPS) is 30.1. The van der Waals surface area contributed by atoms with Gasteiger partial charge in [0, 0.05) is 8.78 Å². The van der Waals surface area contributed by atoms with Gasteiger partial charge in [0.1, 0.15) is 0 Å². The maximum atomic E-state index is 7.80. The number of fused-ring (bicyclic) bond motifs is 1. The minimum Gasteiger partial charge on any atom is -0.310 e. The van der Waals surface area contributed by atoms with Crippen molar-refractivity contribution in [2.75, 3.05) is 6.54 Å². The highest BCUT2D eigenvalue weighted by Crippen LogP contribution is 2.21. The van der Waals surface area contributed by atoms with E-state index in [4.69, 9.17) is 2.74 Å². The van der Waals surface area contributed by atoms with Crippen LogP contribution in [0, 0.1) is 0 Å². The van der Waals surface area contributed by atoms with Crippen LogP contribution in [0.3, 0.4) is 0 Å². The summed E-state index contributed by atoms with van der Waals surface area (Å²) in [7, 11) is 0. The third kappa shape index (κ3) is 1.16. The van der Waals surface area contributed by atoms with Gasteiger partial charge < -0.3 is 5.32 Å². The van der Waals surface area contributed by atoms with Gasteiger partial charge in [0.15, 0.2) is 0 Å². The lowest BCUT2D eigenvalue weighted by molar-refractivity contribution is 0.541. The summed E-state index contributed by atoms with van der Waals surface area (Å²) < 4.78 is 15.6. The van der Waals surface area contributed by atoms with E-state index in [9.17, 15) is 0 Å². The minimum absolute atomic E-state index is 0.264. The smallest absolute Gasteiger partial charge is 0.0329 e. The highest BCUT2D eigenvalue weighted by atomic mass is 14.9. The summed E-state index contributed by atoms with van der Waals surface area (Å²) in [6, 6.07) is 7.99. The quantitative estimate of drug-likeness (QED) is 0.594. The average molecular weight is 149 g/mol. The van der Waals surface area contributed by atoms with E-state index >= 15 is 0 Å². The van der Waals surface area contributed by atoms with Gasteiger partial charge in [-0.2, -0.15) is 0 Å². The van der Waals surface area contributed by atoms with Gasteiger partial charge in [-0.1, -0.05) is 24.3 Å². The minimum atomic E-state index is -1.22. The van der Waals surface area contributed by atoms with Crippen LogP contribution in [0.2, 0.25) is 0 Å². The second kappa shape index (κ2) is 2.67. The first-order valence-electron chi connectivity index (χ1n) is 4.94. The zero-order chi connectivity index (χ0) is 9.47. The molecule has 1 atom stereocenters.